The number of fused-ring (bicyclic) bond motifs is 8. The highest BCUT2D eigenvalue weighted by atomic mass is 15.0. The van der Waals surface area contributed by atoms with Gasteiger partial charge in [0.2, 0.25) is 0 Å². The number of hydrogen-bond donors (Lipinski definition) is 0. The average Bonchev–Trinajstić information content (AvgIpc) is 3.67. The van der Waals surface area contributed by atoms with Crippen LogP contribution in [0.3, 0.4) is 0 Å². The van der Waals surface area contributed by atoms with Crippen molar-refractivity contribution in [1.29, 1.82) is 0 Å². The maximum absolute atomic E-state index is 2.45. The van der Waals surface area contributed by atoms with Gasteiger partial charge in [-0.1, -0.05) is 109 Å². The number of rotatable bonds is 3. The van der Waals surface area contributed by atoms with Gasteiger partial charge in [0.05, 0.1) is 22.1 Å². The second-order valence-corrected chi connectivity index (χ2v) is 12.9. The molecule has 2 heterocycles. The molecule has 2 nitrogen and oxygen atoms in total. The summed E-state index contributed by atoms with van der Waals surface area (Å²) in [7, 11) is 0. The molecule has 0 N–H and O–H groups in total. The molecule has 0 aliphatic heterocycles. The Morgan fingerprint density at radius 3 is 1.65 bits per heavy atom. The third-order valence-electron chi connectivity index (χ3n) is 10.4. The lowest BCUT2D eigenvalue weighted by molar-refractivity contribution is 1.18. The van der Waals surface area contributed by atoms with E-state index in [-0.39, 0.29) is 0 Å². The van der Waals surface area contributed by atoms with Crippen LogP contribution in [-0.2, 0) is 0 Å². The van der Waals surface area contributed by atoms with E-state index >= 15 is 0 Å². The molecule has 0 aliphatic rings. The van der Waals surface area contributed by atoms with E-state index in [0.717, 1.165) is 0 Å². The molecule has 0 bridgehead atoms. The molecule has 0 spiro atoms. The molecular weight excluding hydrogens is 581 g/mol. The summed E-state index contributed by atoms with van der Waals surface area (Å²) in [5.41, 5.74) is 9.77. The zero-order chi connectivity index (χ0) is 31.3. The van der Waals surface area contributed by atoms with Crippen LogP contribution in [0.25, 0.3) is 98.4 Å². The van der Waals surface area contributed by atoms with Crippen LogP contribution >= 0.6 is 0 Å². The molecule has 222 valence electrons. The quantitative estimate of drug-likeness (QED) is 0.177. The fourth-order valence-corrected chi connectivity index (χ4v) is 8.41. The topological polar surface area (TPSA) is 9.86 Å². The van der Waals surface area contributed by atoms with Crippen molar-refractivity contribution in [3.05, 3.63) is 170 Å². The first-order chi connectivity index (χ1) is 23.8. The van der Waals surface area contributed by atoms with Crippen LogP contribution in [0.4, 0.5) is 0 Å². The summed E-state index contributed by atoms with van der Waals surface area (Å²) in [6.07, 6.45) is 0. The fourth-order valence-electron chi connectivity index (χ4n) is 8.41. The van der Waals surface area contributed by atoms with E-state index in [9.17, 15) is 0 Å². The molecule has 0 amide bonds. The molecule has 9 aromatic carbocycles. The Labute approximate surface area is 276 Å². The summed E-state index contributed by atoms with van der Waals surface area (Å²) in [5, 5.41) is 13.0. The van der Waals surface area contributed by atoms with Crippen molar-refractivity contribution in [2.45, 2.75) is 0 Å². The molecule has 2 aromatic heterocycles. The van der Waals surface area contributed by atoms with Gasteiger partial charge in [0, 0.05) is 38.3 Å². The normalized spacial score (nSPS) is 12.2. The maximum atomic E-state index is 2.45. The Bertz CT molecular complexity index is 3040. The van der Waals surface area contributed by atoms with Gasteiger partial charge in [0.1, 0.15) is 0 Å². The highest BCUT2D eigenvalue weighted by Gasteiger charge is 2.22. The maximum Gasteiger partial charge on any atom is 0.0553 e. The lowest BCUT2D eigenvalue weighted by Gasteiger charge is -2.13. The van der Waals surface area contributed by atoms with E-state index in [1.165, 1.54) is 98.4 Å². The average molecular weight is 609 g/mol. The summed E-state index contributed by atoms with van der Waals surface area (Å²) >= 11 is 0. The molecular formula is C46H28N2. The van der Waals surface area contributed by atoms with E-state index in [1.807, 2.05) is 0 Å². The van der Waals surface area contributed by atoms with E-state index < -0.39 is 0 Å². The number of benzene rings is 9. The number of aromatic nitrogens is 2. The van der Waals surface area contributed by atoms with Crippen LogP contribution in [0.2, 0.25) is 0 Å². The number of hydrogen-bond acceptors (Lipinski definition) is 0. The molecule has 0 fully saturated rings. The van der Waals surface area contributed by atoms with Crippen molar-refractivity contribution in [2.24, 2.45) is 0 Å². The number of para-hydroxylation sites is 3. The minimum absolute atomic E-state index is 1.18. The predicted molar refractivity (Wildman–Crippen MR) is 204 cm³/mol. The highest BCUT2D eigenvalue weighted by molar-refractivity contribution is 6.39. The van der Waals surface area contributed by atoms with Crippen molar-refractivity contribution in [3.8, 4) is 22.5 Å². The monoisotopic (exact) mass is 608 g/mol. The third-order valence-corrected chi connectivity index (χ3v) is 10.4. The zero-order valence-electron chi connectivity index (χ0n) is 26.1. The zero-order valence-corrected chi connectivity index (χ0v) is 26.1. The molecule has 48 heavy (non-hydrogen) atoms. The molecule has 0 aliphatic carbocycles. The Morgan fingerprint density at radius 2 is 0.854 bits per heavy atom. The van der Waals surface area contributed by atoms with Gasteiger partial charge >= 0.3 is 0 Å². The molecule has 2 heteroatoms. The molecule has 11 rings (SSSR count). The first-order valence-corrected chi connectivity index (χ1v) is 16.6. The first-order valence-electron chi connectivity index (χ1n) is 16.6. The molecule has 0 unspecified atom stereocenters. The number of nitrogens with zero attached hydrogens (tertiary/aromatic N) is 2. The van der Waals surface area contributed by atoms with Gasteiger partial charge < -0.3 is 9.13 Å². The minimum atomic E-state index is 1.18. The SMILES string of the molecule is c1ccc(-n2c3ccccc3c3cc(-c4ccc5c(c4)c4c6ccccc6cc6c4c4c5cccc4n6-c4ccccc4)ccc32)cc1. The van der Waals surface area contributed by atoms with Crippen LogP contribution in [0.15, 0.2) is 170 Å². The van der Waals surface area contributed by atoms with Crippen LogP contribution in [-0.4, -0.2) is 9.13 Å². The molecule has 0 radical (unpaired) electrons. The van der Waals surface area contributed by atoms with Gasteiger partial charge in [-0.25, -0.2) is 0 Å². The summed E-state index contributed by atoms with van der Waals surface area (Å²) < 4.78 is 4.83. The van der Waals surface area contributed by atoms with Crippen molar-refractivity contribution in [2.75, 3.05) is 0 Å². The molecule has 11 aromatic rings. The standard InChI is InChI=1S/C46H28N2/c1-3-13-32(14-4-1)47-40-20-10-9-18-36(40)38-26-30(23-25-41(38)47)29-22-24-35-37-19-11-21-42-45(37)46-43(48(42)33-15-5-2-6-16-33)28-31-12-7-8-17-34(31)44(46)39(35)27-29/h1-28H. The van der Waals surface area contributed by atoms with Gasteiger partial charge in [-0.3, -0.25) is 0 Å². The molecule has 0 saturated heterocycles. The second-order valence-electron chi connectivity index (χ2n) is 12.9. The van der Waals surface area contributed by atoms with E-state index in [4.69, 9.17) is 0 Å². The van der Waals surface area contributed by atoms with Crippen molar-refractivity contribution in [3.63, 3.8) is 0 Å². The molecule has 0 saturated carbocycles. The van der Waals surface area contributed by atoms with Crippen molar-refractivity contribution < 1.29 is 0 Å². The van der Waals surface area contributed by atoms with Gasteiger partial charge in [-0.2, -0.15) is 0 Å². The minimum Gasteiger partial charge on any atom is -0.309 e. The van der Waals surface area contributed by atoms with Crippen LogP contribution in [0, 0.1) is 0 Å². The smallest absolute Gasteiger partial charge is 0.0553 e. The van der Waals surface area contributed by atoms with Gasteiger partial charge in [-0.05, 0) is 98.7 Å². The Hall–Kier alpha value is -6.38. The van der Waals surface area contributed by atoms with E-state index in [2.05, 4.69) is 179 Å². The Balaban J connectivity index is 1.24. The third kappa shape index (κ3) is 3.41. The summed E-state index contributed by atoms with van der Waals surface area (Å²) in [4.78, 5) is 0. The molecule has 0 atom stereocenters. The largest absolute Gasteiger partial charge is 0.309 e. The van der Waals surface area contributed by atoms with Gasteiger partial charge in [0.25, 0.3) is 0 Å². The first kappa shape index (κ1) is 25.8. The second kappa shape index (κ2) is 9.57. The lowest BCUT2D eigenvalue weighted by Crippen LogP contribution is -1.93. The van der Waals surface area contributed by atoms with E-state index in [0.29, 0.717) is 0 Å². The lowest BCUT2D eigenvalue weighted by atomic mass is 9.89. The van der Waals surface area contributed by atoms with Crippen LogP contribution in [0.1, 0.15) is 0 Å². The predicted octanol–water partition coefficient (Wildman–Crippen LogP) is 12.4. The van der Waals surface area contributed by atoms with Crippen LogP contribution < -0.4 is 0 Å². The summed E-state index contributed by atoms with van der Waals surface area (Å²) in [5.74, 6) is 0. The van der Waals surface area contributed by atoms with Crippen LogP contribution in [0.5, 0.6) is 0 Å². The van der Waals surface area contributed by atoms with Gasteiger partial charge in [0.15, 0.2) is 0 Å². The van der Waals surface area contributed by atoms with Crippen molar-refractivity contribution >= 4 is 75.9 Å². The Morgan fingerprint density at radius 1 is 0.271 bits per heavy atom. The van der Waals surface area contributed by atoms with Crippen molar-refractivity contribution in [1.82, 2.24) is 9.13 Å². The highest BCUT2D eigenvalue weighted by Crippen LogP contribution is 2.47. The Kier molecular flexibility index (Phi) is 5.14. The fraction of sp³-hybridized carbons (Fsp3) is 0. The van der Waals surface area contributed by atoms with Gasteiger partial charge in [-0.15, -0.1) is 0 Å². The summed E-state index contributed by atoms with van der Waals surface area (Å²) in [6.45, 7) is 0. The van der Waals surface area contributed by atoms with E-state index in [1.54, 1.807) is 0 Å². The summed E-state index contributed by atoms with van der Waals surface area (Å²) in [6, 6.07) is 62.4.